The quantitative estimate of drug-likeness (QED) is 0.240. The third-order valence-electron chi connectivity index (χ3n) is 7.16. The number of carboxylic acids is 1. The lowest BCUT2D eigenvalue weighted by atomic mass is 9.89. The van der Waals surface area contributed by atoms with Crippen molar-refractivity contribution in [2.45, 2.75) is 24.9 Å². The first-order valence-corrected chi connectivity index (χ1v) is 12.7. The van der Waals surface area contributed by atoms with Gasteiger partial charge in [0.2, 0.25) is 5.91 Å². The zero-order chi connectivity index (χ0) is 26.1. The van der Waals surface area contributed by atoms with Gasteiger partial charge in [0, 0.05) is 22.3 Å². The molecule has 0 saturated carbocycles. The number of carboxylic acid groups (broad SMARTS) is 1. The number of aromatic nitrogens is 1. The summed E-state index contributed by atoms with van der Waals surface area (Å²) in [4.78, 5) is 28.0. The smallest absolute Gasteiger partial charge is 0.307 e. The zero-order valence-corrected chi connectivity index (χ0v) is 20.6. The van der Waals surface area contributed by atoms with Crippen LogP contribution in [0.4, 0.5) is 5.69 Å². The van der Waals surface area contributed by atoms with Crippen molar-refractivity contribution >= 4 is 28.5 Å². The number of hydrogen-bond donors (Lipinski definition) is 4. The van der Waals surface area contributed by atoms with Crippen LogP contribution in [0.25, 0.3) is 22.0 Å². The SMILES string of the molecule is O=C(O)Cc1ccc(NC(=O)[C@H]2Cc3c([nH]c4ccccc34)[C@H](c3ccc(-c4ccccc4)cc3)N2)cc1. The number of fused-ring (bicyclic) bond motifs is 3. The summed E-state index contributed by atoms with van der Waals surface area (Å²) in [6.45, 7) is 0. The maximum absolute atomic E-state index is 13.4. The van der Waals surface area contributed by atoms with Crippen molar-refractivity contribution in [3.8, 4) is 11.1 Å². The van der Waals surface area contributed by atoms with Gasteiger partial charge in [0.15, 0.2) is 0 Å². The van der Waals surface area contributed by atoms with Crippen molar-refractivity contribution in [1.29, 1.82) is 0 Å². The molecule has 1 aromatic heterocycles. The van der Waals surface area contributed by atoms with E-state index in [2.05, 4.69) is 64.1 Å². The maximum Gasteiger partial charge on any atom is 0.307 e. The fraction of sp³-hybridized carbons (Fsp3) is 0.125. The van der Waals surface area contributed by atoms with Crippen LogP contribution in [0.2, 0.25) is 0 Å². The van der Waals surface area contributed by atoms with Gasteiger partial charge >= 0.3 is 5.97 Å². The molecule has 0 radical (unpaired) electrons. The van der Waals surface area contributed by atoms with Gasteiger partial charge in [0.25, 0.3) is 0 Å². The molecule has 5 aromatic rings. The van der Waals surface area contributed by atoms with E-state index >= 15 is 0 Å². The number of nitrogens with one attached hydrogen (secondary N) is 3. The van der Waals surface area contributed by atoms with Gasteiger partial charge in [-0.15, -0.1) is 0 Å². The number of aliphatic carboxylic acids is 1. The summed E-state index contributed by atoms with van der Waals surface area (Å²) >= 11 is 0. The Morgan fingerprint density at radius 1 is 0.816 bits per heavy atom. The molecular weight excluding hydrogens is 474 g/mol. The summed E-state index contributed by atoms with van der Waals surface area (Å²) in [6.07, 6.45) is 0.507. The molecule has 0 bridgehead atoms. The van der Waals surface area contributed by atoms with Crippen LogP contribution in [0, 0.1) is 0 Å². The van der Waals surface area contributed by atoms with E-state index in [4.69, 9.17) is 5.11 Å². The Bertz CT molecular complexity index is 1610. The molecule has 0 unspecified atom stereocenters. The monoisotopic (exact) mass is 501 g/mol. The first kappa shape index (κ1) is 23.7. The zero-order valence-electron chi connectivity index (χ0n) is 20.6. The number of anilines is 1. The van der Waals surface area contributed by atoms with Crippen LogP contribution >= 0.6 is 0 Å². The fourth-order valence-electron chi connectivity index (χ4n) is 5.27. The number of carbonyl (C=O) groups is 2. The standard InChI is InChI=1S/C32H27N3O3/c36-29(37)18-20-10-16-24(17-11-20)33-32(38)28-19-26-25-8-4-5-9-27(25)34-31(26)30(35-28)23-14-12-22(13-15-23)21-6-2-1-3-7-21/h1-17,28,30,34-35H,18-19H2,(H,33,38)(H,36,37)/t28-,30+/m1/s1. The molecule has 0 fully saturated rings. The van der Waals surface area contributed by atoms with E-state index in [0.717, 1.165) is 38.9 Å². The number of para-hydroxylation sites is 1. The van der Waals surface area contributed by atoms with E-state index < -0.39 is 12.0 Å². The molecule has 4 aromatic carbocycles. The second kappa shape index (κ2) is 10.00. The van der Waals surface area contributed by atoms with Gasteiger partial charge in [-0.3, -0.25) is 14.9 Å². The van der Waals surface area contributed by atoms with E-state index in [1.807, 2.05) is 30.3 Å². The van der Waals surface area contributed by atoms with Crippen LogP contribution in [0.5, 0.6) is 0 Å². The summed E-state index contributed by atoms with van der Waals surface area (Å²) in [6, 6.07) is 33.3. The minimum Gasteiger partial charge on any atom is -0.481 e. The molecule has 6 nitrogen and oxygen atoms in total. The van der Waals surface area contributed by atoms with Crippen molar-refractivity contribution < 1.29 is 14.7 Å². The average Bonchev–Trinajstić information content (AvgIpc) is 3.33. The van der Waals surface area contributed by atoms with E-state index in [1.165, 1.54) is 0 Å². The number of carbonyl (C=O) groups excluding carboxylic acids is 1. The number of rotatable bonds is 6. The molecule has 38 heavy (non-hydrogen) atoms. The van der Waals surface area contributed by atoms with Crippen LogP contribution in [0.1, 0.15) is 28.4 Å². The molecular formula is C32H27N3O3. The molecule has 4 N–H and O–H groups in total. The van der Waals surface area contributed by atoms with Crippen LogP contribution < -0.4 is 10.6 Å². The molecule has 0 saturated heterocycles. The first-order chi connectivity index (χ1) is 18.5. The Labute approximate surface area is 220 Å². The van der Waals surface area contributed by atoms with Crippen LogP contribution in [0.15, 0.2) is 103 Å². The van der Waals surface area contributed by atoms with Gasteiger partial charge in [-0.2, -0.15) is 0 Å². The fourth-order valence-corrected chi connectivity index (χ4v) is 5.27. The molecule has 1 aliphatic rings. The highest BCUT2D eigenvalue weighted by Gasteiger charge is 2.34. The number of amides is 1. The summed E-state index contributed by atoms with van der Waals surface area (Å²) in [5.74, 6) is -1.01. The minimum absolute atomic E-state index is 0.0491. The maximum atomic E-state index is 13.4. The number of hydrogen-bond acceptors (Lipinski definition) is 3. The van der Waals surface area contributed by atoms with Crippen molar-refractivity contribution in [2.24, 2.45) is 0 Å². The Morgan fingerprint density at radius 3 is 2.24 bits per heavy atom. The Balaban J connectivity index is 1.30. The number of benzene rings is 4. The van der Waals surface area contributed by atoms with Crippen LogP contribution in [-0.4, -0.2) is 28.0 Å². The van der Waals surface area contributed by atoms with Crippen LogP contribution in [0.3, 0.4) is 0 Å². The second-order valence-corrected chi connectivity index (χ2v) is 9.66. The largest absolute Gasteiger partial charge is 0.481 e. The predicted octanol–water partition coefficient (Wildman–Crippen LogP) is 5.70. The Kier molecular flexibility index (Phi) is 6.23. The molecule has 188 valence electrons. The lowest BCUT2D eigenvalue weighted by Crippen LogP contribution is -2.47. The molecule has 6 rings (SSSR count). The molecule has 6 heteroatoms. The van der Waals surface area contributed by atoms with Crippen molar-refractivity contribution in [3.05, 3.63) is 126 Å². The average molecular weight is 502 g/mol. The Morgan fingerprint density at radius 2 is 1.50 bits per heavy atom. The summed E-state index contributed by atoms with van der Waals surface area (Å²) in [5.41, 5.74) is 7.99. The third kappa shape index (κ3) is 4.69. The highest BCUT2D eigenvalue weighted by Crippen LogP contribution is 2.36. The van der Waals surface area contributed by atoms with Crippen molar-refractivity contribution in [3.63, 3.8) is 0 Å². The van der Waals surface area contributed by atoms with E-state index in [1.54, 1.807) is 24.3 Å². The summed E-state index contributed by atoms with van der Waals surface area (Å²) in [5, 5.41) is 16.7. The van der Waals surface area contributed by atoms with Gasteiger partial charge in [0.05, 0.1) is 18.5 Å². The number of aromatic amines is 1. The van der Waals surface area contributed by atoms with E-state index in [9.17, 15) is 9.59 Å². The second-order valence-electron chi connectivity index (χ2n) is 9.66. The molecule has 0 aliphatic carbocycles. The molecule has 2 atom stereocenters. The van der Waals surface area contributed by atoms with Gasteiger partial charge in [-0.25, -0.2) is 0 Å². The van der Waals surface area contributed by atoms with E-state index in [-0.39, 0.29) is 18.4 Å². The van der Waals surface area contributed by atoms with Gasteiger partial charge in [-0.1, -0.05) is 84.9 Å². The first-order valence-electron chi connectivity index (χ1n) is 12.7. The lowest BCUT2D eigenvalue weighted by Gasteiger charge is -2.31. The van der Waals surface area contributed by atoms with Crippen LogP contribution in [-0.2, 0) is 22.4 Å². The summed E-state index contributed by atoms with van der Waals surface area (Å²) in [7, 11) is 0. The van der Waals surface area contributed by atoms with Gasteiger partial charge in [0.1, 0.15) is 0 Å². The molecule has 1 aliphatic heterocycles. The third-order valence-corrected chi connectivity index (χ3v) is 7.16. The minimum atomic E-state index is -0.884. The highest BCUT2D eigenvalue weighted by molar-refractivity contribution is 5.96. The van der Waals surface area contributed by atoms with E-state index in [0.29, 0.717) is 17.7 Å². The molecule has 1 amide bonds. The van der Waals surface area contributed by atoms with Crippen molar-refractivity contribution in [1.82, 2.24) is 10.3 Å². The predicted molar refractivity (Wildman–Crippen MR) is 149 cm³/mol. The number of H-pyrrole nitrogens is 1. The van der Waals surface area contributed by atoms with Gasteiger partial charge < -0.3 is 15.4 Å². The Hall–Kier alpha value is -4.68. The normalized spacial score (nSPS) is 16.6. The van der Waals surface area contributed by atoms with Crippen molar-refractivity contribution in [2.75, 3.05) is 5.32 Å². The van der Waals surface area contributed by atoms with Gasteiger partial charge in [-0.05, 0) is 52.4 Å². The molecule has 2 heterocycles. The lowest BCUT2D eigenvalue weighted by molar-refractivity contribution is -0.136. The topological polar surface area (TPSA) is 94.2 Å². The molecule has 0 spiro atoms. The highest BCUT2D eigenvalue weighted by atomic mass is 16.4. The summed E-state index contributed by atoms with van der Waals surface area (Å²) < 4.78 is 0.